The van der Waals surface area contributed by atoms with Crippen molar-refractivity contribution in [1.29, 1.82) is 0 Å². The largest absolute Gasteiger partial charge is 0.416 e. The number of carbonyl (C=O) groups is 2. The van der Waals surface area contributed by atoms with Gasteiger partial charge in [0, 0.05) is 18.2 Å². The first kappa shape index (κ1) is 25.0. The highest BCUT2D eigenvalue weighted by atomic mass is 19.4. The maximum absolute atomic E-state index is 12.9. The van der Waals surface area contributed by atoms with Crippen molar-refractivity contribution in [3.8, 4) is 0 Å². The van der Waals surface area contributed by atoms with Gasteiger partial charge in [-0.15, -0.1) is 0 Å². The summed E-state index contributed by atoms with van der Waals surface area (Å²) < 4.78 is 77.6. The Labute approximate surface area is 176 Å². The number of likely N-dealkylation sites (tertiary alicyclic amines) is 1. The quantitative estimate of drug-likeness (QED) is 0.646. The molecule has 11 heteroatoms. The third kappa shape index (κ3) is 7.71. The summed E-state index contributed by atoms with van der Waals surface area (Å²) in [4.78, 5) is 26.0. The van der Waals surface area contributed by atoms with Gasteiger partial charge in [-0.2, -0.15) is 26.3 Å². The van der Waals surface area contributed by atoms with E-state index in [-0.39, 0.29) is 37.0 Å². The second-order valence-corrected chi connectivity index (χ2v) is 7.95. The van der Waals surface area contributed by atoms with E-state index >= 15 is 0 Å². The Morgan fingerprint density at radius 1 is 1.00 bits per heavy atom. The highest BCUT2D eigenvalue weighted by Crippen LogP contribution is 2.36. The van der Waals surface area contributed by atoms with Gasteiger partial charge in [-0.25, -0.2) is 0 Å². The van der Waals surface area contributed by atoms with Crippen molar-refractivity contribution >= 4 is 11.8 Å². The zero-order chi connectivity index (χ0) is 23.4. The molecule has 1 heterocycles. The summed E-state index contributed by atoms with van der Waals surface area (Å²) >= 11 is 0. The Morgan fingerprint density at radius 2 is 1.52 bits per heavy atom. The Kier molecular flexibility index (Phi) is 7.96. The standard InChI is InChI=1S/C20H25F6N3O2/c1-12(2)28-17(30)11-29-5-3-13(4-6-29)10-27-18(31)14-7-15(19(21,22)23)9-16(8-14)20(24,25)26/h7-9,12-13H,3-6,10-11H2,1-2H3,(H,27,31)(H,28,30). The number of benzene rings is 1. The van der Waals surface area contributed by atoms with Crippen LogP contribution in [0.4, 0.5) is 26.3 Å². The lowest BCUT2D eigenvalue weighted by Crippen LogP contribution is -2.44. The number of alkyl halides is 6. The van der Waals surface area contributed by atoms with E-state index in [1.807, 2.05) is 18.7 Å². The molecule has 1 fully saturated rings. The highest BCUT2D eigenvalue weighted by molar-refractivity contribution is 5.94. The molecule has 1 saturated heterocycles. The van der Waals surface area contributed by atoms with Gasteiger partial charge in [0.05, 0.1) is 17.7 Å². The maximum Gasteiger partial charge on any atom is 0.416 e. The van der Waals surface area contributed by atoms with Crippen LogP contribution in [0.5, 0.6) is 0 Å². The van der Waals surface area contributed by atoms with E-state index in [1.54, 1.807) is 0 Å². The SMILES string of the molecule is CC(C)NC(=O)CN1CCC(CNC(=O)c2cc(C(F)(F)F)cc(C(F)(F)F)c2)CC1. The van der Waals surface area contributed by atoms with E-state index in [0.717, 1.165) is 0 Å². The predicted octanol–water partition coefficient (Wildman–Crippen LogP) is 3.69. The number of hydrogen-bond donors (Lipinski definition) is 2. The number of piperidine rings is 1. The summed E-state index contributed by atoms with van der Waals surface area (Å²) in [6, 6.07) is 0.858. The van der Waals surface area contributed by atoms with Gasteiger partial charge in [-0.05, 0) is 63.9 Å². The van der Waals surface area contributed by atoms with E-state index in [9.17, 15) is 35.9 Å². The molecule has 0 atom stereocenters. The van der Waals surface area contributed by atoms with Gasteiger partial charge >= 0.3 is 12.4 Å². The molecule has 0 unspecified atom stereocenters. The van der Waals surface area contributed by atoms with Crippen LogP contribution >= 0.6 is 0 Å². The van der Waals surface area contributed by atoms with Crippen LogP contribution in [0.15, 0.2) is 18.2 Å². The van der Waals surface area contributed by atoms with Crippen LogP contribution in [0.1, 0.15) is 48.2 Å². The molecule has 0 bridgehead atoms. The van der Waals surface area contributed by atoms with Crippen LogP contribution in [0.2, 0.25) is 0 Å². The fourth-order valence-electron chi connectivity index (χ4n) is 3.34. The van der Waals surface area contributed by atoms with Crippen molar-refractivity contribution in [2.24, 2.45) is 5.92 Å². The Balaban J connectivity index is 1.94. The Morgan fingerprint density at radius 3 is 1.97 bits per heavy atom. The minimum absolute atomic E-state index is 0.0120. The maximum atomic E-state index is 12.9. The second-order valence-electron chi connectivity index (χ2n) is 7.95. The molecule has 0 radical (unpaired) electrons. The minimum atomic E-state index is -5.01. The fraction of sp³-hybridized carbons (Fsp3) is 0.600. The molecule has 2 rings (SSSR count). The second kappa shape index (κ2) is 9.88. The molecule has 2 N–H and O–H groups in total. The summed E-state index contributed by atoms with van der Waals surface area (Å²) in [5.41, 5.74) is -3.74. The summed E-state index contributed by atoms with van der Waals surface area (Å²) in [5, 5.41) is 5.23. The van der Waals surface area contributed by atoms with Gasteiger partial charge in [0.25, 0.3) is 5.91 Å². The molecule has 0 aromatic heterocycles. The Hall–Kier alpha value is -2.30. The van der Waals surface area contributed by atoms with Gasteiger partial charge in [-0.3, -0.25) is 14.5 Å². The van der Waals surface area contributed by atoms with Crippen molar-refractivity contribution in [2.45, 2.75) is 45.1 Å². The number of hydrogen-bond acceptors (Lipinski definition) is 3. The molecular weight excluding hydrogens is 428 g/mol. The molecule has 0 spiro atoms. The van der Waals surface area contributed by atoms with E-state index in [2.05, 4.69) is 10.6 Å². The van der Waals surface area contributed by atoms with Crippen molar-refractivity contribution in [1.82, 2.24) is 15.5 Å². The molecule has 1 aliphatic rings. The van der Waals surface area contributed by atoms with Gasteiger partial charge in [0.2, 0.25) is 5.91 Å². The van der Waals surface area contributed by atoms with Crippen LogP contribution in [-0.4, -0.2) is 48.9 Å². The van der Waals surface area contributed by atoms with Gasteiger partial charge in [0.15, 0.2) is 0 Å². The predicted molar refractivity (Wildman–Crippen MR) is 101 cm³/mol. The number of halogens is 6. The summed E-state index contributed by atoms with van der Waals surface area (Å²) in [6.45, 7) is 5.30. The number of carbonyl (C=O) groups excluding carboxylic acids is 2. The molecule has 1 aromatic carbocycles. The van der Waals surface area contributed by atoms with Gasteiger partial charge in [0.1, 0.15) is 0 Å². The average molecular weight is 453 g/mol. The number of nitrogens with one attached hydrogen (secondary N) is 2. The number of nitrogens with zero attached hydrogens (tertiary/aromatic N) is 1. The summed E-state index contributed by atoms with van der Waals surface area (Å²) in [6.07, 6.45) is -8.73. The van der Waals surface area contributed by atoms with Crippen LogP contribution in [0.3, 0.4) is 0 Å². The van der Waals surface area contributed by atoms with Crippen LogP contribution < -0.4 is 10.6 Å². The molecule has 31 heavy (non-hydrogen) atoms. The molecule has 174 valence electrons. The smallest absolute Gasteiger partial charge is 0.353 e. The third-order valence-corrected chi connectivity index (χ3v) is 4.93. The lowest BCUT2D eigenvalue weighted by molar-refractivity contribution is -0.143. The van der Waals surface area contributed by atoms with E-state index in [4.69, 9.17) is 0 Å². The first-order valence-electron chi connectivity index (χ1n) is 9.85. The van der Waals surface area contributed by atoms with E-state index < -0.39 is 35.0 Å². The van der Waals surface area contributed by atoms with Crippen LogP contribution in [0, 0.1) is 5.92 Å². The number of rotatable bonds is 6. The van der Waals surface area contributed by atoms with Gasteiger partial charge < -0.3 is 10.6 Å². The first-order chi connectivity index (χ1) is 14.3. The first-order valence-corrected chi connectivity index (χ1v) is 9.85. The van der Waals surface area contributed by atoms with Crippen LogP contribution in [-0.2, 0) is 17.1 Å². The van der Waals surface area contributed by atoms with E-state index in [1.165, 1.54) is 0 Å². The molecule has 2 amide bonds. The highest BCUT2D eigenvalue weighted by Gasteiger charge is 2.37. The monoisotopic (exact) mass is 453 g/mol. The third-order valence-electron chi connectivity index (χ3n) is 4.93. The minimum Gasteiger partial charge on any atom is -0.353 e. The molecule has 1 aromatic rings. The summed E-state index contributed by atoms with van der Waals surface area (Å²) in [7, 11) is 0. The van der Waals surface area contributed by atoms with Crippen molar-refractivity contribution in [3.63, 3.8) is 0 Å². The zero-order valence-corrected chi connectivity index (χ0v) is 17.2. The zero-order valence-electron chi connectivity index (χ0n) is 17.2. The molecule has 0 saturated carbocycles. The average Bonchev–Trinajstić information content (AvgIpc) is 2.64. The van der Waals surface area contributed by atoms with E-state index in [0.29, 0.717) is 38.1 Å². The lowest BCUT2D eigenvalue weighted by Gasteiger charge is -2.31. The van der Waals surface area contributed by atoms with Crippen LogP contribution in [0.25, 0.3) is 0 Å². The van der Waals surface area contributed by atoms with Gasteiger partial charge in [-0.1, -0.05) is 0 Å². The number of amides is 2. The molecular formula is C20H25F6N3O2. The lowest BCUT2D eigenvalue weighted by atomic mass is 9.96. The molecule has 0 aliphatic carbocycles. The van der Waals surface area contributed by atoms with Crippen molar-refractivity contribution in [3.05, 3.63) is 34.9 Å². The van der Waals surface area contributed by atoms with Crippen molar-refractivity contribution in [2.75, 3.05) is 26.2 Å². The molecule has 1 aliphatic heterocycles. The van der Waals surface area contributed by atoms with Crippen molar-refractivity contribution < 1.29 is 35.9 Å². The summed E-state index contributed by atoms with van der Waals surface area (Å²) in [5.74, 6) is -1.07. The fourth-order valence-corrected chi connectivity index (χ4v) is 3.34. The topological polar surface area (TPSA) is 61.4 Å². The normalized spacial score (nSPS) is 16.4. The molecule has 5 nitrogen and oxygen atoms in total. The Bertz CT molecular complexity index is 752.